The summed E-state index contributed by atoms with van der Waals surface area (Å²) < 4.78 is 0.785. The van der Waals surface area contributed by atoms with Crippen LogP contribution in [-0.4, -0.2) is 11.9 Å². The van der Waals surface area contributed by atoms with Gasteiger partial charge < -0.3 is 11.1 Å². The van der Waals surface area contributed by atoms with E-state index < -0.39 is 0 Å². The molecule has 0 bridgehead atoms. The summed E-state index contributed by atoms with van der Waals surface area (Å²) >= 11 is 9.25. The Morgan fingerprint density at radius 3 is 2.78 bits per heavy atom. The lowest BCUT2D eigenvalue weighted by atomic mass is 9.84. The van der Waals surface area contributed by atoms with Crippen molar-refractivity contribution < 1.29 is 4.79 Å². The number of carbonyl (C=O) groups is 1. The molecule has 0 aliphatic heterocycles. The molecule has 0 spiro atoms. The highest BCUT2D eigenvalue weighted by atomic mass is 79.9. The molecule has 0 heterocycles. The van der Waals surface area contributed by atoms with Crippen molar-refractivity contribution in [2.24, 2.45) is 11.7 Å². The minimum absolute atomic E-state index is 0.00484. The molecule has 1 aromatic rings. The van der Waals surface area contributed by atoms with Crippen LogP contribution < -0.4 is 11.1 Å². The maximum atomic E-state index is 12.2. The molecule has 0 aromatic heterocycles. The zero-order chi connectivity index (χ0) is 13.1. The summed E-state index contributed by atoms with van der Waals surface area (Å²) in [7, 11) is 0. The Labute approximate surface area is 120 Å². The molecule has 98 valence electrons. The van der Waals surface area contributed by atoms with Crippen molar-refractivity contribution in [3.63, 3.8) is 0 Å². The fourth-order valence-corrected chi connectivity index (χ4v) is 3.08. The average molecular weight is 332 g/mol. The molecule has 1 saturated carbocycles. The van der Waals surface area contributed by atoms with E-state index in [4.69, 9.17) is 17.3 Å². The number of anilines is 1. The minimum atomic E-state index is -0.0821. The number of carbonyl (C=O) groups excluding carboxylic acids is 1. The number of halogens is 2. The Bertz CT molecular complexity index is 453. The monoisotopic (exact) mass is 330 g/mol. The van der Waals surface area contributed by atoms with Crippen LogP contribution in [0.15, 0.2) is 22.7 Å². The summed E-state index contributed by atoms with van der Waals surface area (Å²) in [6, 6.07) is 5.28. The van der Waals surface area contributed by atoms with Gasteiger partial charge in [-0.05, 0) is 47.0 Å². The van der Waals surface area contributed by atoms with E-state index in [0.717, 1.165) is 35.8 Å². The Balaban J connectivity index is 2.06. The molecule has 1 aliphatic rings. The van der Waals surface area contributed by atoms with Crippen molar-refractivity contribution >= 4 is 39.1 Å². The molecule has 3 N–H and O–H groups in total. The highest BCUT2D eigenvalue weighted by molar-refractivity contribution is 9.10. The van der Waals surface area contributed by atoms with Gasteiger partial charge >= 0.3 is 0 Å². The molecule has 1 amide bonds. The van der Waals surface area contributed by atoms with E-state index in [0.29, 0.717) is 5.02 Å². The molecule has 2 atom stereocenters. The van der Waals surface area contributed by atoms with E-state index in [1.165, 1.54) is 0 Å². The second-order valence-electron chi connectivity index (χ2n) is 4.67. The van der Waals surface area contributed by atoms with Crippen molar-refractivity contribution in [3.8, 4) is 0 Å². The number of rotatable bonds is 2. The lowest BCUT2D eigenvalue weighted by molar-refractivity contribution is -0.121. The first kappa shape index (κ1) is 13.8. The highest BCUT2D eigenvalue weighted by Crippen LogP contribution is 2.28. The third-order valence-electron chi connectivity index (χ3n) is 3.35. The van der Waals surface area contributed by atoms with Gasteiger partial charge in [-0.1, -0.05) is 24.4 Å². The third kappa shape index (κ3) is 3.25. The van der Waals surface area contributed by atoms with Crippen molar-refractivity contribution in [1.82, 2.24) is 0 Å². The van der Waals surface area contributed by atoms with Crippen molar-refractivity contribution in [1.29, 1.82) is 0 Å². The van der Waals surface area contributed by atoms with Gasteiger partial charge in [-0.3, -0.25) is 4.79 Å². The van der Waals surface area contributed by atoms with Crippen LogP contribution >= 0.6 is 27.5 Å². The Morgan fingerprint density at radius 2 is 2.11 bits per heavy atom. The Hall–Kier alpha value is -0.580. The van der Waals surface area contributed by atoms with E-state index in [-0.39, 0.29) is 17.9 Å². The number of nitrogens with one attached hydrogen (secondary N) is 1. The summed E-state index contributed by atoms with van der Waals surface area (Å²) in [6.07, 6.45) is 4.00. The fraction of sp³-hybridized carbons (Fsp3) is 0.462. The van der Waals surface area contributed by atoms with Crippen LogP contribution in [-0.2, 0) is 4.79 Å². The van der Waals surface area contributed by atoms with Crippen LogP contribution in [0, 0.1) is 5.92 Å². The van der Waals surface area contributed by atoms with Gasteiger partial charge in [-0.25, -0.2) is 0 Å². The van der Waals surface area contributed by atoms with Crippen LogP contribution in [0.1, 0.15) is 25.7 Å². The van der Waals surface area contributed by atoms with E-state index in [1.807, 2.05) is 0 Å². The van der Waals surface area contributed by atoms with Crippen molar-refractivity contribution in [2.75, 3.05) is 5.32 Å². The first-order valence-corrected chi connectivity index (χ1v) is 7.26. The van der Waals surface area contributed by atoms with Crippen LogP contribution in [0.2, 0.25) is 5.02 Å². The third-order valence-corrected chi connectivity index (χ3v) is 4.24. The molecule has 5 heteroatoms. The van der Waals surface area contributed by atoms with Crippen LogP contribution in [0.25, 0.3) is 0 Å². The molecule has 1 aliphatic carbocycles. The quantitative estimate of drug-likeness (QED) is 0.870. The molecule has 2 rings (SSSR count). The molecular formula is C13H16BrClN2O. The maximum absolute atomic E-state index is 12.2. The van der Waals surface area contributed by atoms with Gasteiger partial charge in [-0.15, -0.1) is 0 Å². The predicted molar refractivity (Wildman–Crippen MR) is 77.7 cm³/mol. The van der Waals surface area contributed by atoms with E-state index in [1.54, 1.807) is 18.2 Å². The van der Waals surface area contributed by atoms with Gasteiger partial charge in [0.15, 0.2) is 0 Å². The summed E-state index contributed by atoms with van der Waals surface area (Å²) in [5, 5.41) is 3.55. The molecular weight excluding hydrogens is 316 g/mol. The Kier molecular flexibility index (Phi) is 4.65. The molecule has 3 nitrogen and oxygen atoms in total. The van der Waals surface area contributed by atoms with E-state index in [9.17, 15) is 4.79 Å². The van der Waals surface area contributed by atoms with Crippen LogP contribution in [0.5, 0.6) is 0 Å². The van der Waals surface area contributed by atoms with Gasteiger partial charge in [-0.2, -0.15) is 0 Å². The molecule has 18 heavy (non-hydrogen) atoms. The first-order valence-electron chi connectivity index (χ1n) is 6.09. The summed E-state index contributed by atoms with van der Waals surface area (Å²) in [4.78, 5) is 12.2. The van der Waals surface area contributed by atoms with Crippen molar-refractivity contribution in [3.05, 3.63) is 27.7 Å². The van der Waals surface area contributed by atoms with Gasteiger partial charge in [0.05, 0.1) is 11.6 Å². The zero-order valence-corrected chi connectivity index (χ0v) is 12.3. The van der Waals surface area contributed by atoms with Crippen molar-refractivity contribution in [2.45, 2.75) is 31.7 Å². The van der Waals surface area contributed by atoms with Gasteiger partial charge in [0.2, 0.25) is 5.91 Å². The van der Waals surface area contributed by atoms with Gasteiger partial charge in [0.1, 0.15) is 0 Å². The molecule has 0 radical (unpaired) electrons. The summed E-state index contributed by atoms with van der Waals surface area (Å²) in [5.74, 6) is -0.0773. The summed E-state index contributed by atoms with van der Waals surface area (Å²) in [5.41, 5.74) is 6.74. The average Bonchev–Trinajstić information content (AvgIpc) is 2.33. The molecule has 2 unspecified atom stereocenters. The first-order chi connectivity index (χ1) is 8.58. The number of hydrogen-bond donors (Lipinski definition) is 2. The Morgan fingerprint density at radius 1 is 1.39 bits per heavy atom. The normalized spacial score (nSPS) is 23.7. The maximum Gasteiger partial charge on any atom is 0.229 e. The van der Waals surface area contributed by atoms with Crippen LogP contribution in [0.4, 0.5) is 5.69 Å². The number of benzene rings is 1. The van der Waals surface area contributed by atoms with E-state index in [2.05, 4.69) is 21.2 Å². The highest BCUT2D eigenvalue weighted by Gasteiger charge is 2.28. The SMILES string of the molecule is NC1CCCCC1C(=O)Nc1ccc(Cl)cc1Br. The standard InChI is InChI=1S/C13H16BrClN2O/c14-10-7-8(15)5-6-12(10)17-13(18)9-3-1-2-4-11(9)16/h5-7,9,11H,1-4,16H2,(H,17,18). The fourth-order valence-electron chi connectivity index (χ4n) is 2.30. The lowest BCUT2D eigenvalue weighted by Crippen LogP contribution is -2.40. The largest absolute Gasteiger partial charge is 0.327 e. The predicted octanol–water partition coefficient (Wildman–Crippen LogP) is 3.56. The summed E-state index contributed by atoms with van der Waals surface area (Å²) in [6.45, 7) is 0. The number of amides is 1. The van der Waals surface area contributed by atoms with Gasteiger partial charge in [0.25, 0.3) is 0 Å². The molecule has 1 fully saturated rings. The van der Waals surface area contributed by atoms with Gasteiger partial charge in [0, 0.05) is 15.5 Å². The zero-order valence-electron chi connectivity index (χ0n) is 9.96. The van der Waals surface area contributed by atoms with Crippen LogP contribution in [0.3, 0.4) is 0 Å². The van der Waals surface area contributed by atoms with E-state index >= 15 is 0 Å². The second kappa shape index (κ2) is 6.04. The molecule has 0 saturated heterocycles. The second-order valence-corrected chi connectivity index (χ2v) is 5.96. The topological polar surface area (TPSA) is 55.1 Å². The minimum Gasteiger partial charge on any atom is -0.327 e. The number of hydrogen-bond acceptors (Lipinski definition) is 2. The smallest absolute Gasteiger partial charge is 0.229 e. The number of nitrogens with two attached hydrogens (primary N) is 1. The molecule has 1 aromatic carbocycles. The lowest BCUT2D eigenvalue weighted by Gasteiger charge is -2.27.